The van der Waals surface area contributed by atoms with Crippen LogP contribution in [0.25, 0.3) is 0 Å². The number of carbonyl (C=O) groups excluding carboxylic acids is 1. The Hall–Kier alpha value is -2.69. The fourth-order valence-electron chi connectivity index (χ4n) is 2.40. The van der Waals surface area contributed by atoms with Crippen LogP contribution in [-0.4, -0.2) is 31.8 Å². The van der Waals surface area contributed by atoms with Crippen molar-refractivity contribution in [3.05, 3.63) is 60.2 Å². The normalized spacial score (nSPS) is 15.7. The van der Waals surface area contributed by atoms with Crippen molar-refractivity contribution in [3.8, 4) is 11.5 Å². The summed E-state index contributed by atoms with van der Waals surface area (Å²) in [6.45, 7) is 1.44. The molecule has 0 aromatic heterocycles. The molecule has 2 amide bonds. The quantitative estimate of drug-likeness (QED) is 0.891. The molecular weight excluding hydrogens is 292 g/mol. The average molecular weight is 312 g/mol. The first-order valence-corrected chi connectivity index (χ1v) is 7.75. The maximum Gasteiger partial charge on any atom is 0.314 e. The number of para-hydroxylation sites is 2. The van der Waals surface area contributed by atoms with Crippen molar-refractivity contribution in [2.75, 3.05) is 19.7 Å². The zero-order chi connectivity index (χ0) is 15.9. The summed E-state index contributed by atoms with van der Waals surface area (Å²) in [4.78, 5) is 11.8. The van der Waals surface area contributed by atoms with Gasteiger partial charge in [-0.3, -0.25) is 0 Å². The van der Waals surface area contributed by atoms with E-state index >= 15 is 0 Å². The summed E-state index contributed by atoms with van der Waals surface area (Å²) in [5, 5.41) is 5.66. The van der Waals surface area contributed by atoms with E-state index in [1.54, 1.807) is 0 Å². The topological polar surface area (TPSA) is 59.6 Å². The van der Waals surface area contributed by atoms with Crippen LogP contribution in [0.15, 0.2) is 54.6 Å². The van der Waals surface area contributed by atoms with Crippen molar-refractivity contribution in [2.24, 2.45) is 0 Å². The van der Waals surface area contributed by atoms with Crippen molar-refractivity contribution in [2.45, 2.75) is 12.5 Å². The Balaban J connectivity index is 1.37. The largest absolute Gasteiger partial charge is 0.486 e. The maximum absolute atomic E-state index is 11.8. The SMILES string of the molecule is O=C(NCCc1ccccc1)NCC1COc2ccccc2O1. The van der Waals surface area contributed by atoms with Crippen LogP contribution in [0.2, 0.25) is 0 Å². The highest BCUT2D eigenvalue weighted by Crippen LogP contribution is 2.30. The first-order valence-electron chi connectivity index (χ1n) is 7.75. The first-order chi connectivity index (χ1) is 11.3. The summed E-state index contributed by atoms with van der Waals surface area (Å²) in [6.07, 6.45) is 0.634. The van der Waals surface area contributed by atoms with Crippen molar-refractivity contribution in [1.82, 2.24) is 10.6 Å². The van der Waals surface area contributed by atoms with Gasteiger partial charge in [0.1, 0.15) is 6.61 Å². The fourth-order valence-corrected chi connectivity index (χ4v) is 2.40. The number of urea groups is 1. The summed E-state index contributed by atoms with van der Waals surface area (Å²) in [5.41, 5.74) is 1.20. The highest BCUT2D eigenvalue weighted by atomic mass is 16.6. The van der Waals surface area contributed by atoms with Crippen LogP contribution in [0.4, 0.5) is 4.79 Å². The van der Waals surface area contributed by atoms with E-state index in [-0.39, 0.29) is 12.1 Å². The molecule has 0 aliphatic carbocycles. The predicted octanol–water partition coefficient (Wildman–Crippen LogP) is 2.37. The van der Waals surface area contributed by atoms with Crippen molar-refractivity contribution < 1.29 is 14.3 Å². The van der Waals surface area contributed by atoms with Crippen LogP contribution in [0.3, 0.4) is 0 Å². The second-order valence-electron chi connectivity index (χ2n) is 5.37. The van der Waals surface area contributed by atoms with Gasteiger partial charge in [-0.15, -0.1) is 0 Å². The van der Waals surface area contributed by atoms with Gasteiger partial charge in [-0.05, 0) is 24.1 Å². The molecule has 0 saturated heterocycles. The van der Waals surface area contributed by atoms with E-state index in [0.29, 0.717) is 19.7 Å². The lowest BCUT2D eigenvalue weighted by atomic mass is 10.1. The molecule has 1 atom stereocenters. The predicted molar refractivity (Wildman–Crippen MR) is 87.9 cm³/mol. The highest BCUT2D eigenvalue weighted by molar-refractivity contribution is 5.73. The van der Waals surface area contributed by atoms with Gasteiger partial charge in [0.25, 0.3) is 0 Å². The Labute approximate surface area is 135 Å². The molecule has 23 heavy (non-hydrogen) atoms. The molecular formula is C18H20N2O3. The number of fused-ring (bicyclic) bond motifs is 1. The zero-order valence-corrected chi connectivity index (χ0v) is 12.8. The molecule has 2 aromatic carbocycles. The summed E-state index contributed by atoms with van der Waals surface area (Å²) in [6, 6.07) is 17.4. The van der Waals surface area contributed by atoms with Gasteiger partial charge in [0, 0.05) is 6.54 Å². The van der Waals surface area contributed by atoms with Gasteiger partial charge in [-0.2, -0.15) is 0 Å². The van der Waals surface area contributed by atoms with Gasteiger partial charge in [0.15, 0.2) is 17.6 Å². The van der Waals surface area contributed by atoms with E-state index in [2.05, 4.69) is 10.6 Å². The van der Waals surface area contributed by atoms with Gasteiger partial charge in [-0.1, -0.05) is 42.5 Å². The van der Waals surface area contributed by atoms with Gasteiger partial charge in [0.05, 0.1) is 6.54 Å². The molecule has 5 nitrogen and oxygen atoms in total. The third-order valence-corrected chi connectivity index (χ3v) is 3.60. The van der Waals surface area contributed by atoms with Crippen LogP contribution in [0, 0.1) is 0 Å². The number of hydrogen-bond donors (Lipinski definition) is 2. The minimum Gasteiger partial charge on any atom is -0.486 e. The van der Waals surface area contributed by atoms with Crippen LogP contribution >= 0.6 is 0 Å². The first kappa shape index (κ1) is 15.2. The standard InChI is InChI=1S/C18H20N2O3/c21-18(19-11-10-14-6-2-1-3-7-14)20-12-15-13-22-16-8-4-5-9-17(16)23-15/h1-9,15H,10-13H2,(H2,19,20,21). The molecule has 5 heteroatoms. The van der Waals surface area contributed by atoms with Crippen molar-refractivity contribution >= 4 is 6.03 Å². The summed E-state index contributed by atoms with van der Waals surface area (Å²) in [5.74, 6) is 1.46. The van der Waals surface area contributed by atoms with Gasteiger partial charge < -0.3 is 20.1 Å². The minimum absolute atomic E-state index is 0.176. The number of ether oxygens (including phenoxy) is 2. The fraction of sp³-hybridized carbons (Fsp3) is 0.278. The molecule has 0 fully saturated rings. The number of hydrogen-bond acceptors (Lipinski definition) is 3. The average Bonchev–Trinajstić information content (AvgIpc) is 2.61. The lowest BCUT2D eigenvalue weighted by Gasteiger charge is -2.26. The van der Waals surface area contributed by atoms with E-state index in [4.69, 9.17) is 9.47 Å². The number of nitrogens with one attached hydrogen (secondary N) is 2. The number of carbonyl (C=O) groups is 1. The molecule has 0 radical (unpaired) electrons. The van der Waals surface area contributed by atoms with Crippen molar-refractivity contribution in [3.63, 3.8) is 0 Å². The van der Waals surface area contributed by atoms with Gasteiger partial charge >= 0.3 is 6.03 Å². The Morgan fingerprint density at radius 3 is 2.57 bits per heavy atom. The molecule has 120 valence electrons. The third-order valence-electron chi connectivity index (χ3n) is 3.60. The second-order valence-corrected chi connectivity index (χ2v) is 5.37. The Morgan fingerprint density at radius 2 is 1.74 bits per heavy atom. The Bertz CT molecular complexity index is 646. The van der Waals surface area contributed by atoms with E-state index in [1.807, 2.05) is 54.6 Å². The lowest BCUT2D eigenvalue weighted by molar-refractivity contribution is 0.0918. The van der Waals surface area contributed by atoms with E-state index < -0.39 is 0 Å². The van der Waals surface area contributed by atoms with Gasteiger partial charge in [0.2, 0.25) is 0 Å². The minimum atomic E-state index is -0.191. The van der Waals surface area contributed by atoms with Crippen LogP contribution in [0.5, 0.6) is 11.5 Å². The number of rotatable bonds is 5. The van der Waals surface area contributed by atoms with Gasteiger partial charge in [-0.25, -0.2) is 4.79 Å². The molecule has 1 heterocycles. The van der Waals surface area contributed by atoms with E-state index in [0.717, 1.165) is 17.9 Å². The number of benzene rings is 2. The molecule has 0 saturated carbocycles. The van der Waals surface area contributed by atoms with Crippen LogP contribution < -0.4 is 20.1 Å². The molecule has 1 unspecified atom stereocenters. The highest BCUT2D eigenvalue weighted by Gasteiger charge is 2.20. The summed E-state index contributed by atoms with van der Waals surface area (Å²) >= 11 is 0. The molecule has 3 rings (SSSR count). The van der Waals surface area contributed by atoms with Crippen LogP contribution in [0.1, 0.15) is 5.56 Å². The molecule has 1 aliphatic heterocycles. The van der Waals surface area contributed by atoms with E-state index in [9.17, 15) is 4.79 Å². The maximum atomic E-state index is 11.8. The molecule has 2 aromatic rings. The zero-order valence-electron chi connectivity index (χ0n) is 12.8. The lowest BCUT2D eigenvalue weighted by Crippen LogP contribution is -2.44. The molecule has 0 bridgehead atoms. The molecule has 0 spiro atoms. The van der Waals surface area contributed by atoms with Crippen molar-refractivity contribution in [1.29, 1.82) is 0 Å². The van der Waals surface area contributed by atoms with E-state index in [1.165, 1.54) is 5.56 Å². The summed E-state index contributed by atoms with van der Waals surface area (Å²) in [7, 11) is 0. The Kier molecular flexibility index (Phi) is 4.99. The third kappa shape index (κ3) is 4.39. The monoisotopic (exact) mass is 312 g/mol. The second kappa shape index (κ2) is 7.54. The smallest absolute Gasteiger partial charge is 0.314 e. The van der Waals surface area contributed by atoms with Crippen LogP contribution in [-0.2, 0) is 6.42 Å². The Morgan fingerprint density at radius 1 is 1.00 bits per heavy atom. The number of amides is 2. The summed E-state index contributed by atoms with van der Waals surface area (Å²) < 4.78 is 11.4. The molecule has 1 aliphatic rings. The molecule has 2 N–H and O–H groups in total.